The van der Waals surface area contributed by atoms with Crippen molar-refractivity contribution in [3.05, 3.63) is 101 Å². The Morgan fingerprint density at radius 3 is 2.25 bits per heavy atom. The lowest BCUT2D eigenvalue weighted by Crippen LogP contribution is -2.35. The maximum absolute atomic E-state index is 13.0. The molecule has 1 N–H and O–H groups in total. The van der Waals surface area contributed by atoms with Crippen molar-refractivity contribution in [1.29, 1.82) is 5.26 Å². The summed E-state index contributed by atoms with van der Waals surface area (Å²) in [5, 5.41) is 12.2. The third-order valence-corrected chi connectivity index (χ3v) is 5.04. The van der Waals surface area contributed by atoms with Crippen molar-refractivity contribution in [3.63, 3.8) is 0 Å². The van der Waals surface area contributed by atoms with Gasteiger partial charge in [0, 0.05) is 0 Å². The number of amides is 1. The smallest absolute Gasteiger partial charge is 0.234 e. The van der Waals surface area contributed by atoms with Gasteiger partial charge >= 0.3 is 0 Å². The molecular weight excluding hydrogens is 344 g/mol. The van der Waals surface area contributed by atoms with Crippen LogP contribution in [-0.2, 0) is 16.6 Å². The first-order valence-corrected chi connectivity index (χ1v) is 9.35. The van der Waals surface area contributed by atoms with Crippen molar-refractivity contribution < 1.29 is 4.79 Å². The number of nitrogens with one attached hydrogen (secondary N) is 1. The third-order valence-electron chi connectivity index (χ3n) is 5.04. The van der Waals surface area contributed by atoms with Crippen molar-refractivity contribution in [2.75, 3.05) is 5.32 Å². The Kier molecular flexibility index (Phi) is 5.61. The van der Waals surface area contributed by atoms with Gasteiger partial charge in [0.25, 0.3) is 0 Å². The van der Waals surface area contributed by atoms with Crippen LogP contribution < -0.4 is 5.32 Å². The van der Waals surface area contributed by atoms with Crippen LogP contribution in [0.25, 0.3) is 0 Å². The van der Waals surface area contributed by atoms with Crippen LogP contribution in [0, 0.1) is 18.3 Å². The number of benzene rings is 3. The zero-order valence-corrected chi connectivity index (χ0v) is 16.5. The Balaban J connectivity index is 1.77. The Morgan fingerprint density at radius 1 is 0.964 bits per heavy atom. The summed E-state index contributed by atoms with van der Waals surface area (Å²) in [7, 11) is 0. The average Bonchev–Trinajstić information content (AvgIpc) is 2.69. The van der Waals surface area contributed by atoms with Gasteiger partial charge in [-0.15, -0.1) is 0 Å². The van der Waals surface area contributed by atoms with Crippen molar-refractivity contribution in [2.45, 2.75) is 32.6 Å². The molecule has 0 saturated carbocycles. The molecule has 28 heavy (non-hydrogen) atoms. The van der Waals surface area contributed by atoms with E-state index in [9.17, 15) is 10.1 Å². The fourth-order valence-corrected chi connectivity index (χ4v) is 3.14. The number of hydrogen-bond acceptors (Lipinski definition) is 2. The minimum Gasteiger partial charge on any atom is -0.324 e. The zero-order valence-electron chi connectivity index (χ0n) is 16.5. The molecule has 0 heterocycles. The number of carbonyl (C=O) groups is 1. The molecule has 0 aliphatic rings. The molecule has 3 heteroatoms. The fraction of sp³-hybridized carbons (Fsp3) is 0.200. The summed E-state index contributed by atoms with van der Waals surface area (Å²) in [6.07, 6.45) is 0.864. The number of nitriles is 1. The van der Waals surface area contributed by atoms with E-state index in [1.807, 2.05) is 63.2 Å². The molecule has 0 atom stereocenters. The maximum Gasteiger partial charge on any atom is 0.234 e. The van der Waals surface area contributed by atoms with Gasteiger partial charge < -0.3 is 5.32 Å². The van der Waals surface area contributed by atoms with E-state index in [-0.39, 0.29) is 5.91 Å². The van der Waals surface area contributed by atoms with E-state index in [0.29, 0.717) is 11.3 Å². The summed E-state index contributed by atoms with van der Waals surface area (Å²) in [5.41, 5.74) is 4.70. The van der Waals surface area contributed by atoms with Crippen molar-refractivity contribution in [3.8, 4) is 6.07 Å². The van der Waals surface area contributed by atoms with Crippen LogP contribution in [0.5, 0.6) is 0 Å². The van der Waals surface area contributed by atoms with E-state index in [0.717, 1.165) is 17.5 Å². The van der Waals surface area contributed by atoms with Crippen LogP contribution in [0.4, 0.5) is 5.69 Å². The van der Waals surface area contributed by atoms with Gasteiger partial charge in [-0.3, -0.25) is 4.79 Å². The number of rotatable bonds is 5. The highest BCUT2D eigenvalue weighted by atomic mass is 16.2. The number of aryl methyl sites for hydroxylation is 1. The van der Waals surface area contributed by atoms with E-state index < -0.39 is 5.41 Å². The van der Waals surface area contributed by atoms with E-state index in [1.54, 1.807) is 6.07 Å². The quantitative estimate of drug-likeness (QED) is 0.658. The molecule has 0 aliphatic heterocycles. The third kappa shape index (κ3) is 4.29. The molecule has 0 aliphatic carbocycles. The molecule has 0 bridgehead atoms. The second-order valence-electron chi connectivity index (χ2n) is 7.60. The second-order valence-corrected chi connectivity index (χ2v) is 7.60. The van der Waals surface area contributed by atoms with Crippen molar-refractivity contribution in [2.24, 2.45) is 0 Å². The highest BCUT2D eigenvalue weighted by molar-refractivity contribution is 5.99. The van der Waals surface area contributed by atoms with Crippen LogP contribution in [0.2, 0.25) is 0 Å². The van der Waals surface area contributed by atoms with Gasteiger partial charge in [0.15, 0.2) is 0 Å². The Morgan fingerprint density at radius 2 is 1.61 bits per heavy atom. The lowest BCUT2D eigenvalue weighted by atomic mass is 9.83. The average molecular weight is 368 g/mol. The molecule has 0 radical (unpaired) electrons. The number of hydrogen-bond donors (Lipinski definition) is 1. The van der Waals surface area contributed by atoms with E-state index in [2.05, 4.69) is 35.7 Å². The molecule has 3 rings (SSSR count). The fourth-order valence-electron chi connectivity index (χ4n) is 3.14. The van der Waals surface area contributed by atoms with E-state index in [4.69, 9.17) is 0 Å². The standard InChI is InChI=1S/C25H24N2O/c1-18-9-12-21(17-26)23(15-18)27-24(28)25(2,3)22-13-10-20(11-14-22)16-19-7-5-4-6-8-19/h4-15H,16H2,1-3H3,(H,27,28). The molecule has 0 saturated heterocycles. The molecule has 0 unspecified atom stereocenters. The Hall–Kier alpha value is -3.38. The monoisotopic (exact) mass is 368 g/mol. The van der Waals surface area contributed by atoms with Gasteiger partial charge in [-0.1, -0.05) is 60.7 Å². The van der Waals surface area contributed by atoms with E-state index in [1.165, 1.54) is 11.1 Å². The SMILES string of the molecule is Cc1ccc(C#N)c(NC(=O)C(C)(C)c2ccc(Cc3ccccc3)cc2)c1. The molecule has 3 aromatic carbocycles. The van der Waals surface area contributed by atoms with Gasteiger partial charge in [0.05, 0.1) is 16.7 Å². The Bertz CT molecular complexity index is 1010. The van der Waals surface area contributed by atoms with Gasteiger partial charge in [-0.2, -0.15) is 5.26 Å². The number of carbonyl (C=O) groups excluding carboxylic acids is 1. The lowest BCUT2D eigenvalue weighted by Gasteiger charge is -2.25. The number of nitrogens with zero attached hydrogens (tertiary/aromatic N) is 1. The van der Waals surface area contributed by atoms with Crippen LogP contribution in [0.3, 0.4) is 0 Å². The Labute approximate surface area is 166 Å². The van der Waals surface area contributed by atoms with Crippen LogP contribution in [0.1, 0.15) is 41.7 Å². The maximum atomic E-state index is 13.0. The first-order chi connectivity index (χ1) is 13.4. The molecular formula is C25H24N2O. The van der Waals surface area contributed by atoms with E-state index >= 15 is 0 Å². The highest BCUT2D eigenvalue weighted by Gasteiger charge is 2.30. The molecule has 1 amide bonds. The van der Waals surface area contributed by atoms with Gasteiger partial charge in [-0.05, 0) is 61.6 Å². The molecule has 0 aromatic heterocycles. The normalized spacial score (nSPS) is 10.9. The topological polar surface area (TPSA) is 52.9 Å². The first-order valence-electron chi connectivity index (χ1n) is 9.35. The zero-order chi connectivity index (χ0) is 20.1. The molecule has 0 fully saturated rings. The summed E-state index contributed by atoms with van der Waals surface area (Å²) in [5.74, 6) is -0.134. The molecule has 140 valence electrons. The summed E-state index contributed by atoms with van der Waals surface area (Å²) in [6.45, 7) is 5.74. The molecule has 3 aromatic rings. The summed E-state index contributed by atoms with van der Waals surface area (Å²) < 4.78 is 0. The minimum atomic E-state index is -0.720. The highest BCUT2D eigenvalue weighted by Crippen LogP contribution is 2.27. The predicted octanol–water partition coefficient (Wildman–Crippen LogP) is 5.37. The van der Waals surface area contributed by atoms with Crippen LogP contribution in [-0.4, -0.2) is 5.91 Å². The largest absolute Gasteiger partial charge is 0.324 e. The second kappa shape index (κ2) is 8.10. The van der Waals surface area contributed by atoms with Gasteiger partial charge in [-0.25, -0.2) is 0 Å². The van der Waals surface area contributed by atoms with Crippen molar-refractivity contribution in [1.82, 2.24) is 0 Å². The van der Waals surface area contributed by atoms with Crippen LogP contribution >= 0.6 is 0 Å². The lowest BCUT2D eigenvalue weighted by molar-refractivity contribution is -0.120. The van der Waals surface area contributed by atoms with Gasteiger partial charge in [0.2, 0.25) is 5.91 Å². The predicted molar refractivity (Wildman–Crippen MR) is 113 cm³/mol. The number of anilines is 1. The summed E-state index contributed by atoms with van der Waals surface area (Å²) >= 11 is 0. The molecule has 0 spiro atoms. The van der Waals surface area contributed by atoms with Gasteiger partial charge in [0.1, 0.15) is 6.07 Å². The molecule has 3 nitrogen and oxygen atoms in total. The summed E-state index contributed by atoms with van der Waals surface area (Å²) in [4.78, 5) is 13.0. The van der Waals surface area contributed by atoms with Crippen LogP contribution in [0.15, 0.2) is 72.8 Å². The summed E-state index contributed by atoms with van der Waals surface area (Å²) in [6, 6.07) is 26.1. The first kappa shape index (κ1) is 19.4. The minimum absolute atomic E-state index is 0.134. The van der Waals surface area contributed by atoms with Crippen molar-refractivity contribution >= 4 is 11.6 Å².